The molecular weight excluding hydrogens is 348 g/mol. The Morgan fingerprint density at radius 2 is 2.00 bits per heavy atom. The lowest BCUT2D eigenvalue weighted by atomic mass is 9.96. The summed E-state index contributed by atoms with van der Waals surface area (Å²) in [5, 5.41) is 16.0. The van der Waals surface area contributed by atoms with Gasteiger partial charge in [0.15, 0.2) is 0 Å². The maximum absolute atomic E-state index is 9.93. The lowest BCUT2D eigenvalue weighted by Crippen LogP contribution is -1.94. The normalized spacial score (nSPS) is 13.3. The number of rotatable bonds is 2. The predicted octanol–water partition coefficient (Wildman–Crippen LogP) is 4.47. The Kier molecular flexibility index (Phi) is 3.43. The molecule has 0 fully saturated rings. The molecule has 5 rings (SSSR count). The number of nitrogens with zero attached hydrogens (tertiary/aromatic N) is 4. The van der Waals surface area contributed by atoms with Gasteiger partial charge in [-0.2, -0.15) is 5.10 Å². The van der Waals surface area contributed by atoms with Crippen molar-refractivity contribution in [3.63, 3.8) is 0 Å². The lowest BCUT2D eigenvalue weighted by molar-refractivity contribution is 0.476. The summed E-state index contributed by atoms with van der Waals surface area (Å²) in [4.78, 5) is 8.89. The summed E-state index contributed by atoms with van der Waals surface area (Å²) in [5.74, 6) is 0.0361. The standard InChI is InChI=1S/C20H15ClN4O/c21-14-10-13-12(6-8-23-16(13)11-18(14)26)19-17-5-3-9-25(17)24-20(19)15-4-1-2-7-22-15/h1-2,4,6-8,10-11,26H,3,5,9H2. The molecule has 0 radical (unpaired) electrons. The first-order valence-electron chi connectivity index (χ1n) is 8.51. The molecule has 0 amide bonds. The molecule has 128 valence electrons. The average molecular weight is 363 g/mol. The fraction of sp³-hybridized carbons (Fsp3) is 0.150. The van der Waals surface area contributed by atoms with Gasteiger partial charge in [0.05, 0.1) is 16.2 Å². The van der Waals surface area contributed by atoms with Crippen LogP contribution in [0, 0.1) is 0 Å². The highest BCUT2D eigenvalue weighted by Crippen LogP contribution is 2.41. The van der Waals surface area contributed by atoms with Crippen LogP contribution in [-0.4, -0.2) is 24.9 Å². The number of aryl methyl sites for hydroxylation is 1. The third-order valence-corrected chi connectivity index (χ3v) is 5.13. The monoisotopic (exact) mass is 362 g/mol. The van der Waals surface area contributed by atoms with Crippen molar-refractivity contribution in [3.05, 3.63) is 59.5 Å². The minimum atomic E-state index is 0.0361. The Labute approximate surface area is 154 Å². The van der Waals surface area contributed by atoms with Crippen molar-refractivity contribution >= 4 is 22.5 Å². The van der Waals surface area contributed by atoms with E-state index < -0.39 is 0 Å². The molecule has 5 nitrogen and oxygen atoms in total. The maximum Gasteiger partial charge on any atom is 0.136 e. The molecule has 26 heavy (non-hydrogen) atoms. The topological polar surface area (TPSA) is 63.8 Å². The number of hydrogen-bond donors (Lipinski definition) is 1. The molecule has 0 spiro atoms. The zero-order valence-corrected chi connectivity index (χ0v) is 14.6. The van der Waals surface area contributed by atoms with E-state index in [1.165, 1.54) is 5.69 Å². The molecule has 1 aromatic carbocycles. The van der Waals surface area contributed by atoms with Crippen molar-refractivity contribution in [2.75, 3.05) is 0 Å². The minimum Gasteiger partial charge on any atom is -0.506 e. The van der Waals surface area contributed by atoms with Crippen LogP contribution in [0.3, 0.4) is 0 Å². The van der Waals surface area contributed by atoms with Crippen LogP contribution in [-0.2, 0) is 13.0 Å². The van der Waals surface area contributed by atoms with Crippen LogP contribution in [0.2, 0.25) is 5.02 Å². The highest BCUT2D eigenvalue weighted by molar-refractivity contribution is 6.33. The van der Waals surface area contributed by atoms with E-state index in [0.29, 0.717) is 10.5 Å². The van der Waals surface area contributed by atoms with E-state index in [0.717, 1.165) is 47.3 Å². The molecule has 0 aliphatic carbocycles. The third-order valence-electron chi connectivity index (χ3n) is 4.83. The summed E-state index contributed by atoms with van der Waals surface area (Å²) >= 11 is 6.18. The highest BCUT2D eigenvalue weighted by atomic mass is 35.5. The van der Waals surface area contributed by atoms with Gasteiger partial charge in [0.2, 0.25) is 0 Å². The van der Waals surface area contributed by atoms with Crippen molar-refractivity contribution in [2.24, 2.45) is 0 Å². The van der Waals surface area contributed by atoms with Gasteiger partial charge < -0.3 is 5.11 Å². The Morgan fingerprint density at radius 3 is 2.85 bits per heavy atom. The SMILES string of the molecule is Oc1cc2nccc(-c3c(-c4ccccn4)nn4c3CCC4)c2cc1Cl. The van der Waals surface area contributed by atoms with Crippen LogP contribution >= 0.6 is 11.6 Å². The molecule has 1 aliphatic rings. The first kappa shape index (κ1) is 15.3. The van der Waals surface area contributed by atoms with Crippen LogP contribution in [0.25, 0.3) is 33.4 Å². The van der Waals surface area contributed by atoms with E-state index in [-0.39, 0.29) is 5.75 Å². The number of phenolic OH excluding ortho intramolecular Hbond substituents is 1. The quantitative estimate of drug-likeness (QED) is 0.571. The van der Waals surface area contributed by atoms with Crippen LogP contribution in [0.5, 0.6) is 5.75 Å². The van der Waals surface area contributed by atoms with Gasteiger partial charge in [-0.05, 0) is 42.7 Å². The number of pyridine rings is 2. The van der Waals surface area contributed by atoms with Gasteiger partial charge in [-0.1, -0.05) is 17.7 Å². The minimum absolute atomic E-state index is 0.0361. The average Bonchev–Trinajstić information content (AvgIpc) is 3.24. The number of fused-ring (bicyclic) bond motifs is 2. The third kappa shape index (κ3) is 2.28. The Bertz CT molecular complexity index is 1140. The van der Waals surface area contributed by atoms with Crippen molar-refractivity contribution in [1.29, 1.82) is 0 Å². The first-order valence-corrected chi connectivity index (χ1v) is 8.89. The molecular formula is C20H15ClN4O. The maximum atomic E-state index is 9.93. The van der Waals surface area contributed by atoms with Gasteiger partial charge in [0, 0.05) is 41.6 Å². The van der Waals surface area contributed by atoms with Gasteiger partial charge in [-0.15, -0.1) is 0 Å². The largest absolute Gasteiger partial charge is 0.506 e. The molecule has 0 bridgehead atoms. The van der Waals surface area contributed by atoms with Crippen molar-refractivity contribution in [2.45, 2.75) is 19.4 Å². The molecule has 0 atom stereocenters. The summed E-state index contributed by atoms with van der Waals surface area (Å²) in [5.41, 5.74) is 5.73. The Balaban J connectivity index is 1.84. The van der Waals surface area contributed by atoms with Gasteiger partial charge >= 0.3 is 0 Å². The molecule has 1 N–H and O–H groups in total. The predicted molar refractivity (Wildman–Crippen MR) is 101 cm³/mol. The van der Waals surface area contributed by atoms with E-state index in [4.69, 9.17) is 16.7 Å². The first-order chi connectivity index (χ1) is 12.7. The van der Waals surface area contributed by atoms with E-state index in [9.17, 15) is 5.11 Å². The summed E-state index contributed by atoms with van der Waals surface area (Å²) in [6.07, 6.45) is 5.60. The zero-order chi connectivity index (χ0) is 17.7. The number of benzene rings is 1. The van der Waals surface area contributed by atoms with Gasteiger partial charge in [-0.3, -0.25) is 14.6 Å². The summed E-state index contributed by atoms with van der Waals surface area (Å²) < 4.78 is 2.08. The van der Waals surface area contributed by atoms with Crippen LogP contribution in [0.1, 0.15) is 12.1 Å². The van der Waals surface area contributed by atoms with E-state index in [2.05, 4.69) is 14.6 Å². The molecule has 0 saturated carbocycles. The summed E-state index contributed by atoms with van der Waals surface area (Å²) in [7, 11) is 0. The van der Waals surface area contributed by atoms with Gasteiger partial charge in [-0.25, -0.2) is 0 Å². The number of phenols is 1. The van der Waals surface area contributed by atoms with E-state index >= 15 is 0 Å². The molecule has 1 aliphatic heterocycles. The van der Waals surface area contributed by atoms with Crippen molar-refractivity contribution in [1.82, 2.24) is 19.7 Å². The molecule has 4 aromatic rings. The smallest absolute Gasteiger partial charge is 0.136 e. The fourth-order valence-corrected chi connectivity index (χ4v) is 3.83. The van der Waals surface area contributed by atoms with Crippen molar-refractivity contribution in [3.8, 4) is 28.3 Å². The number of halogens is 1. The lowest BCUT2D eigenvalue weighted by Gasteiger charge is -2.10. The van der Waals surface area contributed by atoms with E-state index in [1.807, 2.05) is 24.3 Å². The Hall–Kier alpha value is -2.92. The molecule has 0 unspecified atom stereocenters. The van der Waals surface area contributed by atoms with Gasteiger partial charge in [0.1, 0.15) is 11.4 Å². The molecule has 4 heterocycles. The summed E-state index contributed by atoms with van der Waals surface area (Å²) in [6, 6.07) is 11.2. The van der Waals surface area contributed by atoms with Crippen LogP contribution in [0.4, 0.5) is 0 Å². The molecule has 0 saturated heterocycles. The van der Waals surface area contributed by atoms with E-state index in [1.54, 1.807) is 24.5 Å². The Morgan fingerprint density at radius 1 is 1.08 bits per heavy atom. The van der Waals surface area contributed by atoms with Crippen LogP contribution < -0.4 is 0 Å². The van der Waals surface area contributed by atoms with Gasteiger partial charge in [0.25, 0.3) is 0 Å². The van der Waals surface area contributed by atoms with Crippen molar-refractivity contribution < 1.29 is 5.11 Å². The number of hydrogen-bond acceptors (Lipinski definition) is 4. The summed E-state index contributed by atoms with van der Waals surface area (Å²) in [6.45, 7) is 0.916. The zero-order valence-electron chi connectivity index (χ0n) is 13.9. The second kappa shape index (κ2) is 5.81. The highest BCUT2D eigenvalue weighted by Gasteiger charge is 2.25. The molecule has 6 heteroatoms. The molecule has 3 aromatic heterocycles. The second-order valence-electron chi connectivity index (χ2n) is 6.39. The fourth-order valence-electron chi connectivity index (χ4n) is 3.67. The number of aromatic hydroxyl groups is 1. The van der Waals surface area contributed by atoms with Crippen LogP contribution in [0.15, 0.2) is 48.8 Å². The second-order valence-corrected chi connectivity index (χ2v) is 6.80. The number of aromatic nitrogens is 4.